The fraction of sp³-hybridized carbons (Fsp3) is 0.455. The van der Waals surface area contributed by atoms with Crippen molar-refractivity contribution < 1.29 is 9.84 Å². The quantitative estimate of drug-likeness (QED) is 0.625. The number of aryl methyl sites for hydroxylation is 1. The van der Waals surface area contributed by atoms with Crippen molar-refractivity contribution in [3.05, 3.63) is 65.7 Å². The molecule has 2 N–H and O–H groups in total. The first-order chi connectivity index (χ1) is 12.1. The fourth-order valence-electron chi connectivity index (χ4n) is 2.84. The van der Waals surface area contributed by atoms with E-state index >= 15 is 0 Å². The van der Waals surface area contributed by atoms with Crippen LogP contribution in [-0.4, -0.2) is 23.8 Å². The highest BCUT2D eigenvalue weighted by Crippen LogP contribution is 2.21. The number of nitrogens with one attached hydrogen (secondary N) is 1. The standard InChI is InChI=1S/C22H31NO2/c1-17(2)25-21-14-12-20(13-15-21)22(24)18(3)23-16-8-7-11-19-9-5-4-6-10-19/h4-6,9-10,12-15,17-18,22-24H,7-8,11,16H2,1-3H3/t18-,22+/m0/s1. The summed E-state index contributed by atoms with van der Waals surface area (Å²) in [6, 6.07) is 18.3. The van der Waals surface area contributed by atoms with Gasteiger partial charge in [-0.2, -0.15) is 0 Å². The molecule has 0 unspecified atom stereocenters. The maximum atomic E-state index is 10.5. The third-order valence-corrected chi connectivity index (χ3v) is 4.27. The van der Waals surface area contributed by atoms with Gasteiger partial charge in [0.05, 0.1) is 12.2 Å². The second-order valence-electron chi connectivity index (χ2n) is 6.87. The van der Waals surface area contributed by atoms with Crippen LogP contribution in [0.3, 0.4) is 0 Å². The summed E-state index contributed by atoms with van der Waals surface area (Å²) >= 11 is 0. The summed E-state index contributed by atoms with van der Waals surface area (Å²) in [7, 11) is 0. The van der Waals surface area contributed by atoms with Gasteiger partial charge in [0.2, 0.25) is 0 Å². The molecule has 0 spiro atoms. The van der Waals surface area contributed by atoms with Gasteiger partial charge in [0.15, 0.2) is 0 Å². The van der Waals surface area contributed by atoms with E-state index in [1.807, 2.05) is 45.0 Å². The minimum absolute atomic E-state index is 0.0218. The van der Waals surface area contributed by atoms with Crippen molar-refractivity contribution in [2.45, 2.75) is 58.3 Å². The molecule has 0 fully saturated rings. The zero-order chi connectivity index (χ0) is 18.1. The van der Waals surface area contributed by atoms with Crippen LogP contribution >= 0.6 is 0 Å². The maximum Gasteiger partial charge on any atom is 0.119 e. The van der Waals surface area contributed by atoms with E-state index in [9.17, 15) is 5.11 Å². The van der Waals surface area contributed by atoms with Gasteiger partial charge >= 0.3 is 0 Å². The number of rotatable bonds is 10. The van der Waals surface area contributed by atoms with Gasteiger partial charge in [-0.1, -0.05) is 42.5 Å². The molecular formula is C22H31NO2. The zero-order valence-corrected chi connectivity index (χ0v) is 15.6. The normalized spacial score (nSPS) is 13.6. The summed E-state index contributed by atoms with van der Waals surface area (Å²) < 4.78 is 5.64. The molecule has 0 radical (unpaired) electrons. The van der Waals surface area contributed by atoms with Gasteiger partial charge in [0, 0.05) is 6.04 Å². The van der Waals surface area contributed by atoms with E-state index in [-0.39, 0.29) is 12.1 Å². The Morgan fingerprint density at radius 1 is 0.920 bits per heavy atom. The first kappa shape index (κ1) is 19.5. The molecule has 2 atom stereocenters. The second kappa shape index (κ2) is 10.2. The maximum absolute atomic E-state index is 10.5. The third kappa shape index (κ3) is 6.89. The average molecular weight is 341 g/mol. The van der Waals surface area contributed by atoms with Crippen LogP contribution < -0.4 is 10.1 Å². The Balaban J connectivity index is 1.69. The van der Waals surface area contributed by atoms with Gasteiger partial charge in [-0.25, -0.2) is 0 Å². The Hall–Kier alpha value is -1.84. The molecule has 0 aliphatic carbocycles. The van der Waals surface area contributed by atoms with Crippen molar-refractivity contribution in [1.82, 2.24) is 5.32 Å². The van der Waals surface area contributed by atoms with Crippen LogP contribution in [-0.2, 0) is 6.42 Å². The van der Waals surface area contributed by atoms with Crippen molar-refractivity contribution in [3.63, 3.8) is 0 Å². The minimum atomic E-state index is -0.512. The van der Waals surface area contributed by atoms with Crippen LogP contribution in [0.15, 0.2) is 54.6 Å². The lowest BCUT2D eigenvalue weighted by molar-refractivity contribution is 0.136. The lowest BCUT2D eigenvalue weighted by atomic mass is 10.0. The van der Waals surface area contributed by atoms with Crippen LogP contribution in [0.4, 0.5) is 0 Å². The summed E-state index contributed by atoms with van der Waals surface area (Å²) in [6.07, 6.45) is 3.01. The summed E-state index contributed by atoms with van der Waals surface area (Å²) in [5.74, 6) is 0.840. The first-order valence-electron chi connectivity index (χ1n) is 9.28. The molecular weight excluding hydrogens is 310 g/mol. The number of aliphatic hydroxyl groups excluding tert-OH is 1. The highest BCUT2D eigenvalue weighted by Gasteiger charge is 2.15. The van der Waals surface area contributed by atoms with E-state index in [1.165, 1.54) is 5.56 Å². The van der Waals surface area contributed by atoms with E-state index in [0.717, 1.165) is 37.1 Å². The van der Waals surface area contributed by atoms with Crippen molar-refractivity contribution in [1.29, 1.82) is 0 Å². The Labute approximate surface area is 152 Å². The molecule has 0 saturated heterocycles. The van der Waals surface area contributed by atoms with E-state index in [4.69, 9.17) is 4.74 Å². The minimum Gasteiger partial charge on any atom is -0.491 e. The lowest BCUT2D eigenvalue weighted by Crippen LogP contribution is -2.32. The number of hydrogen-bond acceptors (Lipinski definition) is 3. The molecule has 0 aromatic heterocycles. The van der Waals surface area contributed by atoms with Crippen LogP contribution in [0, 0.1) is 0 Å². The van der Waals surface area contributed by atoms with Gasteiger partial charge in [0.1, 0.15) is 5.75 Å². The highest BCUT2D eigenvalue weighted by atomic mass is 16.5. The fourth-order valence-corrected chi connectivity index (χ4v) is 2.84. The van der Waals surface area contributed by atoms with E-state index in [2.05, 4.69) is 35.6 Å². The summed E-state index contributed by atoms with van der Waals surface area (Å²) in [6.45, 7) is 6.96. The number of unbranched alkanes of at least 4 members (excludes halogenated alkanes) is 1. The monoisotopic (exact) mass is 341 g/mol. The number of ether oxygens (including phenoxy) is 1. The summed E-state index contributed by atoms with van der Waals surface area (Å²) in [5, 5.41) is 13.9. The van der Waals surface area contributed by atoms with Crippen molar-refractivity contribution in [3.8, 4) is 5.75 Å². The average Bonchev–Trinajstić information content (AvgIpc) is 2.61. The van der Waals surface area contributed by atoms with E-state index in [1.54, 1.807) is 0 Å². The molecule has 3 heteroatoms. The lowest BCUT2D eigenvalue weighted by Gasteiger charge is -2.21. The van der Waals surface area contributed by atoms with Gasteiger partial charge in [-0.15, -0.1) is 0 Å². The SMILES string of the molecule is CC(C)Oc1ccc([C@H](O)[C@H](C)NCCCCc2ccccc2)cc1. The van der Waals surface area contributed by atoms with Crippen molar-refractivity contribution in [2.24, 2.45) is 0 Å². The molecule has 0 aliphatic rings. The smallest absolute Gasteiger partial charge is 0.119 e. The molecule has 2 rings (SSSR count). The molecule has 0 aliphatic heterocycles. The van der Waals surface area contributed by atoms with Gasteiger partial charge in [-0.3, -0.25) is 0 Å². The van der Waals surface area contributed by atoms with Crippen LogP contribution in [0.2, 0.25) is 0 Å². The third-order valence-electron chi connectivity index (χ3n) is 4.27. The number of benzene rings is 2. The molecule has 136 valence electrons. The second-order valence-corrected chi connectivity index (χ2v) is 6.87. The summed E-state index contributed by atoms with van der Waals surface area (Å²) in [5.41, 5.74) is 2.31. The van der Waals surface area contributed by atoms with Gasteiger partial charge in [0.25, 0.3) is 0 Å². The molecule has 0 heterocycles. The van der Waals surface area contributed by atoms with Crippen LogP contribution in [0.5, 0.6) is 5.75 Å². The topological polar surface area (TPSA) is 41.5 Å². The zero-order valence-electron chi connectivity index (χ0n) is 15.6. The van der Waals surface area contributed by atoms with E-state index < -0.39 is 6.10 Å². The molecule has 3 nitrogen and oxygen atoms in total. The van der Waals surface area contributed by atoms with Gasteiger partial charge < -0.3 is 15.2 Å². The number of hydrogen-bond donors (Lipinski definition) is 2. The summed E-state index contributed by atoms with van der Waals surface area (Å²) in [4.78, 5) is 0. The Kier molecular flexibility index (Phi) is 7.96. The largest absolute Gasteiger partial charge is 0.491 e. The molecule has 2 aromatic carbocycles. The van der Waals surface area contributed by atoms with Gasteiger partial charge in [-0.05, 0) is 69.8 Å². The molecule has 2 aromatic rings. The van der Waals surface area contributed by atoms with E-state index in [0.29, 0.717) is 0 Å². The Morgan fingerprint density at radius 3 is 2.24 bits per heavy atom. The van der Waals surface area contributed by atoms with Crippen molar-refractivity contribution in [2.75, 3.05) is 6.54 Å². The molecule has 0 amide bonds. The van der Waals surface area contributed by atoms with Crippen molar-refractivity contribution >= 4 is 0 Å². The molecule has 25 heavy (non-hydrogen) atoms. The predicted molar refractivity (Wildman–Crippen MR) is 104 cm³/mol. The Morgan fingerprint density at radius 2 is 1.60 bits per heavy atom. The molecule has 0 saturated carbocycles. The number of aliphatic hydroxyl groups is 1. The highest BCUT2D eigenvalue weighted by molar-refractivity contribution is 5.29. The molecule has 0 bridgehead atoms. The predicted octanol–water partition coefficient (Wildman–Crippen LogP) is 4.51. The first-order valence-corrected chi connectivity index (χ1v) is 9.28. The van der Waals surface area contributed by atoms with Crippen LogP contribution in [0.25, 0.3) is 0 Å². The Bertz CT molecular complexity index is 595. The van der Waals surface area contributed by atoms with Crippen LogP contribution in [0.1, 0.15) is 50.8 Å².